The van der Waals surface area contributed by atoms with Crippen LogP contribution in [0.15, 0.2) is 36.4 Å². The molecule has 8 nitrogen and oxygen atoms in total. The number of allylic oxidation sites excluding steroid dienone is 2. The summed E-state index contributed by atoms with van der Waals surface area (Å²) >= 11 is 0. The molecule has 124 valence electrons. The van der Waals surface area contributed by atoms with Crippen LogP contribution in [0.25, 0.3) is 0 Å². The van der Waals surface area contributed by atoms with E-state index in [0.29, 0.717) is 12.2 Å². The molecule has 0 fully saturated rings. The number of phenolic OH excluding ortho intramolecular Hbond substituents is 6. The van der Waals surface area contributed by atoms with Gasteiger partial charge in [-0.2, -0.15) is 0 Å². The first-order chi connectivity index (χ1) is 11.2. The summed E-state index contributed by atoms with van der Waals surface area (Å²) in [6.45, 7) is 0. The van der Waals surface area contributed by atoms with Crippen LogP contribution < -0.4 is 0 Å². The van der Waals surface area contributed by atoms with Crippen LogP contribution in [-0.4, -0.2) is 42.2 Å². The molecule has 0 bridgehead atoms. The van der Waals surface area contributed by atoms with Crippen molar-refractivity contribution in [3.8, 4) is 34.5 Å². The quantitative estimate of drug-likeness (QED) is 0.364. The van der Waals surface area contributed by atoms with Crippen molar-refractivity contribution in [2.24, 2.45) is 0 Å². The van der Waals surface area contributed by atoms with Crippen LogP contribution in [0.2, 0.25) is 0 Å². The van der Waals surface area contributed by atoms with Crippen molar-refractivity contribution in [3.63, 3.8) is 0 Å². The molecule has 2 aromatic rings. The smallest absolute Gasteiger partial charge is 0.193 e. The maximum atomic E-state index is 12.0. The lowest BCUT2D eigenvalue weighted by atomic mass is 10.0. The van der Waals surface area contributed by atoms with Crippen LogP contribution in [0.1, 0.15) is 20.7 Å². The third-order valence-corrected chi connectivity index (χ3v) is 3.04. The van der Waals surface area contributed by atoms with E-state index in [2.05, 4.69) is 0 Å². The molecule has 2 rings (SSSR count). The molecule has 0 unspecified atom stereocenters. The number of hydrogen-bond acceptors (Lipinski definition) is 8. The SMILES string of the molecule is O=C(/C=C/C(=O)c1c(O)cc(O)cc1O)c1c(O)cc(O)cc1O. The van der Waals surface area contributed by atoms with Crippen LogP contribution in [-0.2, 0) is 0 Å². The summed E-state index contributed by atoms with van der Waals surface area (Å²) in [5.74, 6) is -5.57. The van der Waals surface area contributed by atoms with Crippen LogP contribution >= 0.6 is 0 Å². The molecule has 0 heterocycles. The third-order valence-electron chi connectivity index (χ3n) is 3.04. The maximum Gasteiger partial charge on any atom is 0.193 e. The van der Waals surface area contributed by atoms with E-state index >= 15 is 0 Å². The maximum absolute atomic E-state index is 12.0. The van der Waals surface area contributed by atoms with Crippen LogP contribution in [0.4, 0.5) is 0 Å². The first kappa shape index (κ1) is 16.7. The predicted molar refractivity (Wildman–Crippen MR) is 80.7 cm³/mol. The van der Waals surface area contributed by atoms with Crippen molar-refractivity contribution in [2.75, 3.05) is 0 Å². The van der Waals surface area contributed by atoms with E-state index in [0.717, 1.165) is 24.3 Å². The average molecular weight is 332 g/mol. The standard InChI is InChI=1S/C16H12O8/c17-7-3-11(21)15(12(22)4-7)9(19)1-2-10(20)16-13(23)5-8(18)6-14(16)24/h1-6,17-18,21-24H/b2-1+. The van der Waals surface area contributed by atoms with E-state index in [1.807, 2.05) is 0 Å². The van der Waals surface area contributed by atoms with E-state index in [-0.39, 0.29) is 0 Å². The van der Waals surface area contributed by atoms with Crippen molar-refractivity contribution >= 4 is 11.6 Å². The summed E-state index contributed by atoms with van der Waals surface area (Å²) in [6.07, 6.45) is 1.42. The van der Waals surface area contributed by atoms with Crippen molar-refractivity contribution in [1.82, 2.24) is 0 Å². The molecule has 0 spiro atoms. The molecule has 0 amide bonds. The predicted octanol–water partition coefficient (Wildman–Crippen LogP) is 1.54. The highest BCUT2D eigenvalue weighted by Crippen LogP contribution is 2.34. The zero-order valence-corrected chi connectivity index (χ0v) is 12.0. The Kier molecular flexibility index (Phi) is 4.32. The number of rotatable bonds is 4. The molecular weight excluding hydrogens is 320 g/mol. The second-order valence-corrected chi connectivity index (χ2v) is 4.78. The van der Waals surface area contributed by atoms with E-state index in [1.165, 1.54) is 0 Å². The number of carbonyl (C=O) groups excluding carboxylic acids is 2. The number of benzene rings is 2. The highest BCUT2D eigenvalue weighted by atomic mass is 16.3. The van der Waals surface area contributed by atoms with Crippen LogP contribution in [0.5, 0.6) is 34.5 Å². The monoisotopic (exact) mass is 332 g/mol. The molecular formula is C16H12O8. The minimum Gasteiger partial charge on any atom is -0.508 e. The molecule has 0 aliphatic heterocycles. The van der Waals surface area contributed by atoms with Gasteiger partial charge in [-0.05, 0) is 12.2 Å². The van der Waals surface area contributed by atoms with Crippen molar-refractivity contribution < 1.29 is 40.2 Å². The largest absolute Gasteiger partial charge is 0.508 e. The highest BCUT2D eigenvalue weighted by Gasteiger charge is 2.18. The normalized spacial score (nSPS) is 10.8. The summed E-state index contributed by atoms with van der Waals surface area (Å²) in [4.78, 5) is 23.9. The topological polar surface area (TPSA) is 156 Å². The van der Waals surface area contributed by atoms with Gasteiger partial charge in [0, 0.05) is 24.3 Å². The van der Waals surface area contributed by atoms with E-state index in [1.54, 1.807) is 0 Å². The van der Waals surface area contributed by atoms with Gasteiger partial charge in [0.05, 0.1) is 0 Å². The molecule has 24 heavy (non-hydrogen) atoms. The zero-order valence-electron chi connectivity index (χ0n) is 12.0. The number of phenols is 6. The van der Waals surface area contributed by atoms with Gasteiger partial charge in [0.1, 0.15) is 45.6 Å². The van der Waals surface area contributed by atoms with Gasteiger partial charge in [0.2, 0.25) is 0 Å². The molecule has 0 atom stereocenters. The van der Waals surface area contributed by atoms with Crippen LogP contribution in [0, 0.1) is 0 Å². The van der Waals surface area contributed by atoms with Crippen molar-refractivity contribution in [3.05, 3.63) is 47.5 Å². The summed E-state index contributed by atoms with van der Waals surface area (Å²) in [5, 5.41) is 56.6. The van der Waals surface area contributed by atoms with Gasteiger partial charge in [-0.15, -0.1) is 0 Å². The summed E-state index contributed by atoms with van der Waals surface area (Å²) in [7, 11) is 0. The Morgan fingerprint density at radius 1 is 0.583 bits per heavy atom. The summed E-state index contributed by atoms with van der Waals surface area (Å²) in [5.41, 5.74) is -1.06. The molecule has 0 radical (unpaired) electrons. The minimum atomic E-state index is -0.948. The Morgan fingerprint density at radius 2 is 0.833 bits per heavy atom. The third kappa shape index (κ3) is 3.22. The first-order valence-electron chi connectivity index (χ1n) is 6.47. The van der Waals surface area contributed by atoms with Crippen molar-refractivity contribution in [1.29, 1.82) is 0 Å². The molecule has 0 aliphatic rings. The van der Waals surface area contributed by atoms with Crippen LogP contribution in [0.3, 0.4) is 0 Å². The van der Waals surface area contributed by atoms with Gasteiger partial charge >= 0.3 is 0 Å². The Balaban J connectivity index is 2.32. The van der Waals surface area contributed by atoms with Gasteiger partial charge in [0.25, 0.3) is 0 Å². The fourth-order valence-electron chi connectivity index (χ4n) is 2.02. The highest BCUT2D eigenvalue weighted by molar-refractivity contribution is 6.15. The Labute approximate surface area is 134 Å². The number of carbonyl (C=O) groups is 2. The lowest BCUT2D eigenvalue weighted by Gasteiger charge is -2.05. The van der Waals surface area contributed by atoms with Crippen molar-refractivity contribution in [2.45, 2.75) is 0 Å². The van der Waals surface area contributed by atoms with Gasteiger partial charge < -0.3 is 30.6 Å². The molecule has 6 N–H and O–H groups in total. The Hall–Kier alpha value is -3.68. The Bertz CT molecular complexity index is 749. The van der Waals surface area contributed by atoms with Gasteiger partial charge in [0.15, 0.2) is 11.6 Å². The molecule has 0 aromatic heterocycles. The average Bonchev–Trinajstić information content (AvgIpc) is 2.42. The first-order valence-corrected chi connectivity index (χ1v) is 6.47. The lowest BCUT2D eigenvalue weighted by molar-refractivity contribution is 0.101. The summed E-state index contributed by atoms with van der Waals surface area (Å²) < 4.78 is 0. The fraction of sp³-hybridized carbons (Fsp3) is 0. The number of aromatic hydroxyl groups is 6. The molecule has 0 saturated carbocycles. The summed E-state index contributed by atoms with van der Waals surface area (Å²) in [6, 6.07) is 3.33. The van der Waals surface area contributed by atoms with Gasteiger partial charge in [-0.3, -0.25) is 9.59 Å². The molecule has 2 aromatic carbocycles. The molecule has 8 heteroatoms. The second kappa shape index (κ2) is 6.21. The lowest BCUT2D eigenvalue weighted by Crippen LogP contribution is -2.00. The van der Waals surface area contributed by atoms with E-state index < -0.39 is 57.2 Å². The van der Waals surface area contributed by atoms with Gasteiger partial charge in [-0.1, -0.05) is 0 Å². The Morgan fingerprint density at radius 3 is 1.08 bits per heavy atom. The minimum absolute atomic E-state index is 0.458. The second-order valence-electron chi connectivity index (χ2n) is 4.78. The number of ketones is 2. The fourth-order valence-corrected chi connectivity index (χ4v) is 2.02. The van der Waals surface area contributed by atoms with Gasteiger partial charge in [-0.25, -0.2) is 0 Å². The zero-order chi connectivity index (χ0) is 18.0. The molecule has 0 aliphatic carbocycles. The van der Waals surface area contributed by atoms with E-state index in [9.17, 15) is 40.2 Å². The number of hydrogen-bond donors (Lipinski definition) is 6. The van der Waals surface area contributed by atoms with E-state index in [4.69, 9.17) is 0 Å². The molecule has 0 saturated heterocycles.